The Morgan fingerprint density at radius 2 is 1.93 bits per heavy atom. The normalized spacial score (nSPS) is 13.1. The number of hydrogen-bond donors (Lipinski definition) is 1. The second-order valence-electron chi connectivity index (χ2n) is 3.42. The van der Waals surface area contributed by atoms with Gasteiger partial charge in [-0.3, -0.25) is 0 Å². The topological polar surface area (TPSA) is 44.5 Å². The first kappa shape index (κ1) is 13.9. The van der Waals surface area contributed by atoms with Crippen LogP contribution in [0.3, 0.4) is 0 Å². The van der Waals surface area contributed by atoms with E-state index in [0.29, 0.717) is 6.54 Å². The molecule has 0 saturated carbocycles. The summed E-state index contributed by atoms with van der Waals surface area (Å²) >= 11 is 0. The van der Waals surface area contributed by atoms with E-state index in [1.807, 2.05) is 6.92 Å². The van der Waals surface area contributed by atoms with Gasteiger partial charge in [-0.25, -0.2) is 0 Å². The van der Waals surface area contributed by atoms with Crippen LogP contribution in [0.5, 0.6) is 0 Å². The minimum Gasteiger partial charge on any atom is -0.381 e. The first-order valence-electron chi connectivity index (χ1n) is 5.74. The molecule has 0 saturated heterocycles. The fourth-order valence-electron chi connectivity index (χ4n) is 1.28. The minimum absolute atomic E-state index is 0.172. The number of rotatable bonds is 10. The van der Waals surface area contributed by atoms with Gasteiger partial charge in [0.1, 0.15) is 0 Å². The molecule has 0 aliphatic carbocycles. The van der Waals surface area contributed by atoms with Crippen LogP contribution in [0.1, 0.15) is 39.5 Å². The van der Waals surface area contributed by atoms with Gasteiger partial charge in [-0.1, -0.05) is 19.8 Å². The SMILES string of the molecule is CCCCCOCCC(CN)OCC. The molecular formula is C11H25NO2. The van der Waals surface area contributed by atoms with Crippen molar-refractivity contribution in [2.24, 2.45) is 5.73 Å². The Morgan fingerprint density at radius 3 is 2.50 bits per heavy atom. The third-order valence-electron chi connectivity index (χ3n) is 2.14. The quantitative estimate of drug-likeness (QED) is 0.552. The summed E-state index contributed by atoms with van der Waals surface area (Å²) in [6, 6.07) is 0. The lowest BCUT2D eigenvalue weighted by atomic mass is 10.2. The zero-order valence-corrected chi connectivity index (χ0v) is 9.63. The fraction of sp³-hybridized carbons (Fsp3) is 1.00. The van der Waals surface area contributed by atoms with Crippen LogP contribution in [0.15, 0.2) is 0 Å². The molecule has 0 aliphatic rings. The molecule has 1 unspecified atom stereocenters. The van der Waals surface area contributed by atoms with Gasteiger partial charge in [0.15, 0.2) is 0 Å². The van der Waals surface area contributed by atoms with Gasteiger partial charge in [-0.2, -0.15) is 0 Å². The summed E-state index contributed by atoms with van der Waals surface area (Å²) in [5.74, 6) is 0. The van der Waals surface area contributed by atoms with E-state index in [4.69, 9.17) is 15.2 Å². The average molecular weight is 203 g/mol. The highest BCUT2D eigenvalue weighted by Crippen LogP contribution is 1.99. The summed E-state index contributed by atoms with van der Waals surface area (Å²) in [6.45, 7) is 7.15. The summed E-state index contributed by atoms with van der Waals surface area (Å²) in [5, 5.41) is 0. The molecule has 3 nitrogen and oxygen atoms in total. The van der Waals surface area contributed by atoms with Gasteiger partial charge in [0.05, 0.1) is 6.10 Å². The second kappa shape index (κ2) is 11.0. The van der Waals surface area contributed by atoms with E-state index in [0.717, 1.165) is 26.2 Å². The highest BCUT2D eigenvalue weighted by molar-refractivity contribution is 4.57. The maximum atomic E-state index is 5.54. The zero-order chi connectivity index (χ0) is 10.6. The molecule has 0 aromatic rings. The van der Waals surface area contributed by atoms with Gasteiger partial charge in [-0.05, 0) is 19.8 Å². The van der Waals surface area contributed by atoms with Crippen LogP contribution in [-0.2, 0) is 9.47 Å². The van der Waals surface area contributed by atoms with Crippen LogP contribution in [0.4, 0.5) is 0 Å². The van der Waals surface area contributed by atoms with Crippen LogP contribution in [0.2, 0.25) is 0 Å². The van der Waals surface area contributed by atoms with Crippen molar-refractivity contribution in [3.63, 3.8) is 0 Å². The number of ether oxygens (including phenoxy) is 2. The average Bonchev–Trinajstić information content (AvgIpc) is 2.21. The van der Waals surface area contributed by atoms with E-state index in [1.165, 1.54) is 19.3 Å². The number of nitrogens with two attached hydrogens (primary N) is 1. The summed E-state index contributed by atoms with van der Waals surface area (Å²) in [6.07, 6.45) is 4.75. The van der Waals surface area contributed by atoms with Crippen molar-refractivity contribution in [3.8, 4) is 0 Å². The highest BCUT2D eigenvalue weighted by Gasteiger charge is 2.04. The lowest BCUT2D eigenvalue weighted by Gasteiger charge is -2.14. The summed E-state index contributed by atoms with van der Waals surface area (Å²) in [5.41, 5.74) is 5.54. The van der Waals surface area contributed by atoms with Crippen LogP contribution in [-0.4, -0.2) is 32.5 Å². The van der Waals surface area contributed by atoms with Crippen LogP contribution < -0.4 is 5.73 Å². The molecule has 3 heteroatoms. The maximum Gasteiger partial charge on any atom is 0.0719 e. The Morgan fingerprint density at radius 1 is 1.14 bits per heavy atom. The van der Waals surface area contributed by atoms with E-state index < -0.39 is 0 Å². The molecule has 0 bridgehead atoms. The van der Waals surface area contributed by atoms with Crippen LogP contribution in [0, 0.1) is 0 Å². The molecular weight excluding hydrogens is 178 g/mol. The molecule has 0 radical (unpaired) electrons. The Bertz CT molecular complexity index is 109. The van der Waals surface area contributed by atoms with Crippen LogP contribution in [0.25, 0.3) is 0 Å². The molecule has 0 aromatic carbocycles. The third-order valence-corrected chi connectivity index (χ3v) is 2.14. The predicted octanol–water partition coefficient (Wildman–Crippen LogP) is 1.95. The Labute approximate surface area is 88.0 Å². The Hall–Kier alpha value is -0.120. The largest absolute Gasteiger partial charge is 0.381 e. The smallest absolute Gasteiger partial charge is 0.0719 e. The van der Waals surface area contributed by atoms with Crippen LogP contribution >= 0.6 is 0 Å². The first-order valence-corrected chi connectivity index (χ1v) is 5.74. The standard InChI is InChI=1S/C11H25NO2/c1-3-5-6-8-13-9-7-11(10-12)14-4-2/h11H,3-10,12H2,1-2H3. The molecule has 0 heterocycles. The lowest BCUT2D eigenvalue weighted by molar-refractivity contribution is 0.0320. The van der Waals surface area contributed by atoms with Gasteiger partial charge in [0.25, 0.3) is 0 Å². The van der Waals surface area contributed by atoms with Crippen molar-refractivity contribution in [1.29, 1.82) is 0 Å². The monoisotopic (exact) mass is 203 g/mol. The molecule has 0 rings (SSSR count). The molecule has 0 fully saturated rings. The third kappa shape index (κ3) is 8.48. The Kier molecular flexibility index (Phi) is 10.9. The highest BCUT2D eigenvalue weighted by atomic mass is 16.5. The maximum absolute atomic E-state index is 5.54. The fourth-order valence-corrected chi connectivity index (χ4v) is 1.28. The van der Waals surface area contributed by atoms with E-state index >= 15 is 0 Å². The minimum atomic E-state index is 0.172. The van der Waals surface area contributed by atoms with Crippen molar-refractivity contribution < 1.29 is 9.47 Å². The van der Waals surface area contributed by atoms with Gasteiger partial charge < -0.3 is 15.2 Å². The molecule has 0 aromatic heterocycles. The molecule has 2 N–H and O–H groups in total. The van der Waals surface area contributed by atoms with Gasteiger partial charge in [0, 0.05) is 26.4 Å². The first-order chi connectivity index (χ1) is 6.85. The van der Waals surface area contributed by atoms with E-state index in [2.05, 4.69) is 6.92 Å². The summed E-state index contributed by atoms with van der Waals surface area (Å²) in [4.78, 5) is 0. The molecule has 0 aliphatic heterocycles. The van der Waals surface area contributed by atoms with Crippen molar-refractivity contribution in [1.82, 2.24) is 0 Å². The van der Waals surface area contributed by atoms with Gasteiger partial charge in [0.2, 0.25) is 0 Å². The van der Waals surface area contributed by atoms with Gasteiger partial charge in [-0.15, -0.1) is 0 Å². The molecule has 1 atom stereocenters. The molecule has 86 valence electrons. The van der Waals surface area contributed by atoms with Crippen molar-refractivity contribution in [3.05, 3.63) is 0 Å². The van der Waals surface area contributed by atoms with Gasteiger partial charge >= 0.3 is 0 Å². The van der Waals surface area contributed by atoms with E-state index in [9.17, 15) is 0 Å². The summed E-state index contributed by atoms with van der Waals surface area (Å²) < 4.78 is 10.9. The molecule has 14 heavy (non-hydrogen) atoms. The van der Waals surface area contributed by atoms with E-state index in [1.54, 1.807) is 0 Å². The molecule has 0 amide bonds. The van der Waals surface area contributed by atoms with E-state index in [-0.39, 0.29) is 6.10 Å². The number of hydrogen-bond acceptors (Lipinski definition) is 3. The van der Waals surface area contributed by atoms with Crippen molar-refractivity contribution in [2.45, 2.75) is 45.6 Å². The zero-order valence-electron chi connectivity index (χ0n) is 9.63. The summed E-state index contributed by atoms with van der Waals surface area (Å²) in [7, 11) is 0. The molecule has 0 spiro atoms. The Balaban J connectivity index is 3.15. The van der Waals surface area contributed by atoms with Crippen molar-refractivity contribution in [2.75, 3.05) is 26.4 Å². The predicted molar refractivity (Wildman–Crippen MR) is 59.4 cm³/mol. The second-order valence-corrected chi connectivity index (χ2v) is 3.42. The van der Waals surface area contributed by atoms with Crippen molar-refractivity contribution >= 4 is 0 Å². The number of unbranched alkanes of at least 4 members (excludes halogenated alkanes) is 2. The lowest BCUT2D eigenvalue weighted by Crippen LogP contribution is -2.25.